The van der Waals surface area contributed by atoms with E-state index in [1.165, 1.54) is 11.1 Å². The van der Waals surface area contributed by atoms with E-state index in [1.807, 2.05) is 18.2 Å². The third kappa shape index (κ3) is 4.10. The highest BCUT2D eigenvalue weighted by atomic mass is 32.1. The first-order valence-corrected chi connectivity index (χ1v) is 9.20. The SMILES string of the molecule is COc1ccc2c(c1)[C@@H](NC(=S)Nc1ccc(C)cc1C)CC(C)(C)O2. The number of nitrogens with one attached hydrogen (secondary N) is 2. The summed E-state index contributed by atoms with van der Waals surface area (Å²) in [5.74, 6) is 1.68. The highest BCUT2D eigenvalue weighted by Gasteiger charge is 2.34. The van der Waals surface area contributed by atoms with E-state index in [4.69, 9.17) is 21.7 Å². The fourth-order valence-electron chi connectivity index (χ4n) is 3.36. The van der Waals surface area contributed by atoms with Gasteiger partial charge in [-0.05, 0) is 69.7 Å². The van der Waals surface area contributed by atoms with Gasteiger partial charge in [0.15, 0.2) is 5.11 Å². The Labute approximate surface area is 160 Å². The van der Waals surface area contributed by atoms with E-state index in [-0.39, 0.29) is 11.6 Å². The van der Waals surface area contributed by atoms with Crippen LogP contribution < -0.4 is 20.1 Å². The van der Waals surface area contributed by atoms with E-state index >= 15 is 0 Å². The summed E-state index contributed by atoms with van der Waals surface area (Å²) in [5.41, 5.74) is 4.22. The molecule has 2 N–H and O–H groups in total. The summed E-state index contributed by atoms with van der Waals surface area (Å²) in [7, 11) is 1.67. The zero-order valence-corrected chi connectivity index (χ0v) is 16.8. The predicted octanol–water partition coefficient (Wildman–Crippen LogP) is 4.90. The van der Waals surface area contributed by atoms with Crippen LogP contribution in [0.25, 0.3) is 0 Å². The van der Waals surface area contributed by atoms with Gasteiger partial charge in [0.1, 0.15) is 17.1 Å². The van der Waals surface area contributed by atoms with Crippen LogP contribution in [0.5, 0.6) is 11.5 Å². The van der Waals surface area contributed by atoms with Crippen molar-refractivity contribution in [2.75, 3.05) is 12.4 Å². The summed E-state index contributed by atoms with van der Waals surface area (Å²) in [6.45, 7) is 8.35. The van der Waals surface area contributed by atoms with Crippen LogP contribution in [0.2, 0.25) is 0 Å². The number of ether oxygens (including phenoxy) is 2. The minimum Gasteiger partial charge on any atom is -0.497 e. The molecule has 138 valence electrons. The molecule has 0 unspecified atom stereocenters. The van der Waals surface area contributed by atoms with Crippen molar-refractivity contribution in [3.8, 4) is 11.5 Å². The number of anilines is 1. The molecule has 2 aromatic rings. The smallest absolute Gasteiger partial charge is 0.171 e. The lowest BCUT2D eigenvalue weighted by atomic mass is 9.89. The Morgan fingerprint density at radius 2 is 1.96 bits per heavy atom. The van der Waals surface area contributed by atoms with Gasteiger partial charge in [0.05, 0.1) is 13.2 Å². The van der Waals surface area contributed by atoms with Gasteiger partial charge in [-0.1, -0.05) is 17.7 Å². The van der Waals surface area contributed by atoms with E-state index < -0.39 is 0 Å². The average Bonchev–Trinajstić information content (AvgIpc) is 2.56. The van der Waals surface area contributed by atoms with Crippen molar-refractivity contribution in [1.29, 1.82) is 0 Å². The highest BCUT2D eigenvalue weighted by molar-refractivity contribution is 7.80. The van der Waals surface area contributed by atoms with Gasteiger partial charge in [0.25, 0.3) is 0 Å². The minimum absolute atomic E-state index is 0.0506. The third-order valence-corrected chi connectivity index (χ3v) is 4.83. The van der Waals surface area contributed by atoms with Crippen LogP contribution in [0.3, 0.4) is 0 Å². The summed E-state index contributed by atoms with van der Waals surface area (Å²) in [6, 6.07) is 12.2. The molecule has 0 bridgehead atoms. The largest absolute Gasteiger partial charge is 0.497 e. The van der Waals surface area contributed by atoms with Crippen LogP contribution in [0.15, 0.2) is 36.4 Å². The van der Waals surface area contributed by atoms with Crippen molar-refractivity contribution in [2.45, 2.75) is 45.8 Å². The fraction of sp³-hybridized carbons (Fsp3) is 0.381. The Kier molecular flexibility index (Phi) is 5.10. The van der Waals surface area contributed by atoms with Gasteiger partial charge in [-0.25, -0.2) is 0 Å². The molecular formula is C21H26N2O2S. The maximum Gasteiger partial charge on any atom is 0.171 e. The van der Waals surface area contributed by atoms with Crippen molar-refractivity contribution >= 4 is 23.0 Å². The number of aryl methyl sites for hydroxylation is 2. The van der Waals surface area contributed by atoms with Gasteiger partial charge in [0, 0.05) is 17.7 Å². The van der Waals surface area contributed by atoms with E-state index in [0.29, 0.717) is 5.11 Å². The number of benzene rings is 2. The van der Waals surface area contributed by atoms with E-state index in [1.54, 1.807) is 7.11 Å². The van der Waals surface area contributed by atoms with Gasteiger partial charge < -0.3 is 20.1 Å². The van der Waals surface area contributed by atoms with Gasteiger partial charge in [-0.2, -0.15) is 0 Å². The molecule has 26 heavy (non-hydrogen) atoms. The third-order valence-electron chi connectivity index (χ3n) is 4.61. The maximum absolute atomic E-state index is 6.12. The Bertz CT molecular complexity index is 833. The topological polar surface area (TPSA) is 42.5 Å². The van der Waals surface area contributed by atoms with Gasteiger partial charge >= 0.3 is 0 Å². The molecule has 1 heterocycles. The molecule has 1 atom stereocenters. The molecule has 0 aliphatic carbocycles. The molecule has 5 heteroatoms. The van der Waals surface area contributed by atoms with E-state index in [9.17, 15) is 0 Å². The predicted molar refractivity (Wildman–Crippen MR) is 110 cm³/mol. The fourth-order valence-corrected chi connectivity index (χ4v) is 3.61. The zero-order chi connectivity index (χ0) is 18.9. The number of hydrogen-bond donors (Lipinski definition) is 2. The number of thiocarbonyl (C=S) groups is 1. The molecule has 0 aromatic heterocycles. The second kappa shape index (κ2) is 7.16. The van der Waals surface area contributed by atoms with Crippen molar-refractivity contribution in [3.63, 3.8) is 0 Å². The number of hydrogen-bond acceptors (Lipinski definition) is 3. The molecule has 0 saturated heterocycles. The quantitative estimate of drug-likeness (QED) is 0.752. The van der Waals surface area contributed by atoms with Gasteiger partial charge in [0.2, 0.25) is 0 Å². The Morgan fingerprint density at radius 3 is 2.65 bits per heavy atom. The molecule has 2 aromatic carbocycles. The summed E-state index contributed by atoms with van der Waals surface area (Å²) in [6.07, 6.45) is 0.807. The molecule has 0 radical (unpaired) electrons. The second-order valence-corrected chi connectivity index (χ2v) is 7.85. The Balaban J connectivity index is 1.81. The number of fused-ring (bicyclic) bond motifs is 1. The molecular weight excluding hydrogens is 344 g/mol. The lowest BCUT2D eigenvalue weighted by Crippen LogP contribution is -2.42. The molecule has 0 fully saturated rings. The zero-order valence-electron chi connectivity index (χ0n) is 16.0. The lowest BCUT2D eigenvalue weighted by molar-refractivity contribution is 0.0695. The average molecular weight is 371 g/mol. The van der Waals surface area contributed by atoms with E-state index in [2.05, 4.69) is 56.5 Å². The summed E-state index contributed by atoms with van der Waals surface area (Å²) in [5, 5.41) is 7.38. The Morgan fingerprint density at radius 1 is 1.19 bits per heavy atom. The van der Waals surface area contributed by atoms with Crippen LogP contribution in [0, 0.1) is 13.8 Å². The summed E-state index contributed by atoms with van der Waals surface area (Å²) in [4.78, 5) is 0. The summed E-state index contributed by atoms with van der Waals surface area (Å²) >= 11 is 5.58. The molecule has 1 aliphatic rings. The van der Waals surface area contributed by atoms with Crippen molar-refractivity contribution < 1.29 is 9.47 Å². The van der Waals surface area contributed by atoms with E-state index in [0.717, 1.165) is 29.2 Å². The van der Waals surface area contributed by atoms with Gasteiger partial charge in [-0.3, -0.25) is 0 Å². The van der Waals surface area contributed by atoms with Crippen LogP contribution >= 0.6 is 12.2 Å². The van der Waals surface area contributed by atoms with Crippen LogP contribution in [0.4, 0.5) is 5.69 Å². The molecule has 0 amide bonds. The second-order valence-electron chi connectivity index (χ2n) is 7.44. The first-order valence-electron chi connectivity index (χ1n) is 8.79. The minimum atomic E-state index is -0.269. The maximum atomic E-state index is 6.12. The standard InChI is InChI=1S/C21H26N2O2S/c1-13-6-8-17(14(2)10-13)22-20(26)23-18-12-21(3,4)25-19-9-7-15(24-5)11-16(18)19/h6-11,18H,12H2,1-5H3,(H2,22,23,26)/t18-/m0/s1. The molecule has 3 rings (SSSR count). The Hall–Kier alpha value is -2.27. The molecule has 1 aliphatic heterocycles. The van der Waals surface area contributed by atoms with Crippen LogP contribution in [-0.2, 0) is 0 Å². The van der Waals surface area contributed by atoms with Crippen molar-refractivity contribution in [2.24, 2.45) is 0 Å². The lowest BCUT2D eigenvalue weighted by Gasteiger charge is -2.38. The van der Waals surface area contributed by atoms with Crippen LogP contribution in [-0.4, -0.2) is 17.8 Å². The molecule has 0 spiro atoms. The highest BCUT2D eigenvalue weighted by Crippen LogP contribution is 2.41. The normalized spacial score (nSPS) is 17.7. The first-order chi connectivity index (χ1) is 12.3. The summed E-state index contributed by atoms with van der Waals surface area (Å²) < 4.78 is 11.5. The van der Waals surface area contributed by atoms with Crippen molar-refractivity contribution in [1.82, 2.24) is 5.32 Å². The van der Waals surface area contributed by atoms with Gasteiger partial charge in [-0.15, -0.1) is 0 Å². The first kappa shape index (κ1) is 18.5. The van der Waals surface area contributed by atoms with Crippen molar-refractivity contribution in [3.05, 3.63) is 53.1 Å². The number of rotatable bonds is 3. The van der Waals surface area contributed by atoms with Crippen LogP contribution in [0.1, 0.15) is 43.0 Å². The number of methoxy groups -OCH3 is 1. The molecule has 4 nitrogen and oxygen atoms in total. The monoisotopic (exact) mass is 370 g/mol. The molecule has 0 saturated carbocycles.